The van der Waals surface area contributed by atoms with Crippen LogP contribution in [0.5, 0.6) is 0 Å². The Labute approximate surface area is 41.6 Å². The third-order valence-corrected chi connectivity index (χ3v) is 1.01. The van der Waals surface area contributed by atoms with Crippen LogP contribution in [0.3, 0.4) is 0 Å². The van der Waals surface area contributed by atoms with Crippen LogP contribution in [0.25, 0.3) is 0 Å². The van der Waals surface area contributed by atoms with Crippen molar-refractivity contribution in [2.24, 2.45) is 0 Å². The standard InChI is InChI=1S/C3H3O3S/c1-2-7(5,6)3-4/h2H,1H2. The molecule has 0 aromatic rings. The molecule has 0 aliphatic carbocycles. The quantitative estimate of drug-likeness (QED) is 0.497. The molecule has 0 aliphatic heterocycles. The zero-order chi connectivity index (χ0) is 5.91. The lowest BCUT2D eigenvalue weighted by Crippen LogP contribution is -1.91. The van der Waals surface area contributed by atoms with E-state index >= 15 is 0 Å². The predicted octanol–water partition coefficient (Wildman–Crippen LogP) is -0.388. The maximum Gasteiger partial charge on any atom is 0.332 e. The third kappa shape index (κ3) is 2.11. The molecule has 0 bridgehead atoms. The highest BCUT2D eigenvalue weighted by atomic mass is 32.2. The molecular formula is C3H3O3S. The lowest BCUT2D eigenvalue weighted by Gasteiger charge is -1.71. The second-order valence-corrected chi connectivity index (χ2v) is 2.39. The monoisotopic (exact) mass is 119 g/mol. The van der Waals surface area contributed by atoms with Gasteiger partial charge in [-0.15, -0.1) is 0 Å². The van der Waals surface area contributed by atoms with E-state index in [2.05, 4.69) is 6.58 Å². The van der Waals surface area contributed by atoms with E-state index in [1.807, 2.05) is 0 Å². The molecule has 7 heavy (non-hydrogen) atoms. The van der Waals surface area contributed by atoms with Crippen molar-refractivity contribution in [3.05, 3.63) is 12.0 Å². The predicted molar refractivity (Wildman–Crippen MR) is 24.8 cm³/mol. The van der Waals surface area contributed by atoms with Crippen LogP contribution in [0.2, 0.25) is 0 Å². The first kappa shape index (κ1) is 6.36. The van der Waals surface area contributed by atoms with Crippen molar-refractivity contribution in [3.8, 4) is 0 Å². The van der Waals surface area contributed by atoms with Crippen molar-refractivity contribution in [1.82, 2.24) is 0 Å². The van der Waals surface area contributed by atoms with Crippen LogP contribution in [0.4, 0.5) is 0 Å². The summed E-state index contributed by atoms with van der Waals surface area (Å²) in [7, 11) is -3.70. The summed E-state index contributed by atoms with van der Waals surface area (Å²) in [5.41, 5.74) is 0.795. The molecular weight excluding hydrogens is 116 g/mol. The van der Waals surface area contributed by atoms with E-state index in [-0.39, 0.29) is 0 Å². The van der Waals surface area contributed by atoms with Gasteiger partial charge in [0.15, 0.2) is 0 Å². The highest BCUT2D eigenvalue weighted by molar-refractivity contribution is 8.06. The van der Waals surface area contributed by atoms with E-state index in [0.29, 0.717) is 5.41 Å². The van der Waals surface area contributed by atoms with E-state index in [1.165, 1.54) is 0 Å². The molecule has 0 aliphatic rings. The molecule has 39 valence electrons. The Balaban J connectivity index is 4.49. The minimum absolute atomic E-state index is 0.542. The van der Waals surface area contributed by atoms with Gasteiger partial charge in [-0.3, -0.25) is 4.79 Å². The second kappa shape index (κ2) is 1.88. The molecule has 0 amide bonds. The number of carbonyl (C=O) groups excluding carboxylic acids is 1. The molecule has 0 spiro atoms. The van der Waals surface area contributed by atoms with E-state index in [9.17, 15) is 13.2 Å². The van der Waals surface area contributed by atoms with Crippen LogP contribution in [0, 0.1) is 0 Å². The van der Waals surface area contributed by atoms with Gasteiger partial charge < -0.3 is 0 Å². The number of sulfone groups is 1. The highest BCUT2D eigenvalue weighted by Gasteiger charge is 1.98. The van der Waals surface area contributed by atoms with Gasteiger partial charge in [0.2, 0.25) is 9.84 Å². The average molecular weight is 119 g/mol. The SMILES string of the molecule is C=CS(=O)(=O)[C]=O. The Kier molecular flexibility index (Phi) is 1.71. The van der Waals surface area contributed by atoms with Crippen LogP contribution < -0.4 is 0 Å². The Bertz CT molecular complexity index is 151. The van der Waals surface area contributed by atoms with Gasteiger partial charge in [-0.05, 0) is 0 Å². The van der Waals surface area contributed by atoms with Gasteiger partial charge in [0.05, 0.1) is 0 Å². The Morgan fingerprint density at radius 1 is 1.57 bits per heavy atom. The molecule has 4 heteroatoms. The largest absolute Gasteiger partial charge is 0.332 e. The van der Waals surface area contributed by atoms with Crippen LogP contribution in [0.1, 0.15) is 0 Å². The lowest BCUT2D eigenvalue weighted by atomic mass is 11.3. The van der Waals surface area contributed by atoms with Crippen molar-refractivity contribution in [2.75, 3.05) is 0 Å². The van der Waals surface area contributed by atoms with Gasteiger partial charge in [-0.1, -0.05) is 6.58 Å². The van der Waals surface area contributed by atoms with Gasteiger partial charge in [0, 0.05) is 5.41 Å². The van der Waals surface area contributed by atoms with Crippen molar-refractivity contribution in [1.29, 1.82) is 0 Å². The molecule has 0 unspecified atom stereocenters. The fourth-order valence-electron chi connectivity index (χ4n) is 0.0340. The lowest BCUT2D eigenvalue weighted by molar-refractivity contribution is 0.558. The fourth-order valence-corrected chi connectivity index (χ4v) is 0.102. The first-order valence-electron chi connectivity index (χ1n) is 1.39. The van der Waals surface area contributed by atoms with E-state index in [0.717, 1.165) is 5.62 Å². The topological polar surface area (TPSA) is 51.2 Å². The van der Waals surface area contributed by atoms with Crippen molar-refractivity contribution >= 4 is 15.5 Å². The van der Waals surface area contributed by atoms with E-state index in [4.69, 9.17) is 0 Å². The summed E-state index contributed by atoms with van der Waals surface area (Å²) in [6.45, 7) is 2.85. The first-order valence-corrected chi connectivity index (χ1v) is 2.93. The maximum absolute atomic E-state index is 9.83. The minimum Gasteiger partial charge on any atom is -0.271 e. The second-order valence-electron chi connectivity index (χ2n) is 0.795. The van der Waals surface area contributed by atoms with Crippen molar-refractivity contribution in [2.45, 2.75) is 0 Å². The van der Waals surface area contributed by atoms with Crippen LogP contribution >= 0.6 is 0 Å². The summed E-state index contributed by atoms with van der Waals surface area (Å²) in [5.74, 6) is 0. The van der Waals surface area contributed by atoms with Gasteiger partial charge in [0.25, 0.3) is 0 Å². The van der Waals surface area contributed by atoms with Crippen LogP contribution in [-0.4, -0.2) is 14.0 Å². The van der Waals surface area contributed by atoms with Gasteiger partial charge >= 0.3 is 5.62 Å². The van der Waals surface area contributed by atoms with Crippen molar-refractivity contribution in [3.63, 3.8) is 0 Å². The molecule has 0 saturated heterocycles. The zero-order valence-corrected chi connectivity index (χ0v) is 4.23. The van der Waals surface area contributed by atoms with E-state index in [1.54, 1.807) is 0 Å². The Morgan fingerprint density at radius 3 is 2.00 bits per heavy atom. The van der Waals surface area contributed by atoms with Gasteiger partial charge in [-0.2, -0.15) is 0 Å². The average Bonchev–Trinajstić information content (AvgIpc) is 1.68. The summed E-state index contributed by atoms with van der Waals surface area (Å²) in [4.78, 5) is 9.27. The normalized spacial score (nSPS) is 10.3. The highest BCUT2D eigenvalue weighted by Crippen LogP contribution is 1.79. The summed E-state index contributed by atoms with van der Waals surface area (Å²) in [6.07, 6.45) is 0. The molecule has 0 rings (SSSR count). The molecule has 0 fully saturated rings. The third-order valence-electron chi connectivity index (χ3n) is 0.336. The molecule has 0 heterocycles. The number of hydrogen-bond donors (Lipinski definition) is 0. The molecule has 0 atom stereocenters. The molecule has 0 aromatic heterocycles. The van der Waals surface area contributed by atoms with Crippen LogP contribution in [0.15, 0.2) is 12.0 Å². The zero-order valence-electron chi connectivity index (χ0n) is 3.42. The summed E-state index contributed by atoms with van der Waals surface area (Å²) in [5, 5.41) is 0.542. The molecule has 0 aromatic carbocycles. The van der Waals surface area contributed by atoms with Gasteiger partial charge in [0.1, 0.15) is 0 Å². The number of rotatable bonds is 2. The fraction of sp³-hybridized carbons (Fsp3) is 0. The summed E-state index contributed by atoms with van der Waals surface area (Å²) in [6, 6.07) is 0. The summed E-state index contributed by atoms with van der Waals surface area (Å²) < 4.78 is 19.7. The molecule has 0 N–H and O–H groups in total. The summed E-state index contributed by atoms with van der Waals surface area (Å²) >= 11 is 0. The smallest absolute Gasteiger partial charge is 0.271 e. The Hall–Kier alpha value is -0.640. The molecule has 1 radical (unpaired) electrons. The number of hydrogen-bond acceptors (Lipinski definition) is 3. The Morgan fingerprint density at radius 2 is 2.00 bits per heavy atom. The van der Waals surface area contributed by atoms with Crippen LogP contribution in [-0.2, 0) is 14.6 Å². The van der Waals surface area contributed by atoms with Crippen molar-refractivity contribution < 1.29 is 13.2 Å². The first-order chi connectivity index (χ1) is 3.12. The minimum atomic E-state index is -3.70. The maximum atomic E-state index is 9.83. The van der Waals surface area contributed by atoms with E-state index < -0.39 is 9.84 Å². The molecule has 3 nitrogen and oxygen atoms in total. The van der Waals surface area contributed by atoms with Gasteiger partial charge in [-0.25, -0.2) is 8.42 Å². The molecule has 0 saturated carbocycles.